The van der Waals surface area contributed by atoms with Crippen molar-refractivity contribution in [1.82, 2.24) is 14.9 Å². The minimum absolute atomic E-state index is 0.101. The van der Waals surface area contributed by atoms with Crippen molar-refractivity contribution in [1.29, 1.82) is 0 Å². The molecule has 98 valence electrons. The molecule has 0 amide bonds. The average Bonchev–Trinajstić information content (AvgIpc) is 2.86. The van der Waals surface area contributed by atoms with Crippen LogP contribution in [0.15, 0.2) is 18.5 Å². The SMILES string of the molecule is CCN(Cc1ncccn1)C1COCC1C(=O)O. The molecule has 2 heterocycles. The molecule has 0 aliphatic carbocycles. The standard InChI is InChI=1S/C12H17N3O3/c1-2-15(6-11-13-4-3-5-14-11)10-8-18-7-9(10)12(16)17/h3-5,9-10H,2,6-8H2,1H3,(H,16,17). The van der Waals surface area contributed by atoms with Crippen LogP contribution in [-0.4, -0.2) is 51.7 Å². The average molecular weight is 251 g/mol. The number of ether oxygens (including phenoxy) is 1. The number of likely N-dealkylation sites (N-methyl/N-ethyl adjacent to an activating group) is 1. The van der Waals surface area contributed by atoms with Gasteiger partial charge in [0, 0.05) is 18.4 Å². The van der Waals surface area contributed by atoms with Crippen molar-refractivity contribution in [2.45, 2.75) is 19.5 Å². The largest absolute Gasteiger partial charge is 0.481 e. The van der Waals surface area contributed by atoms with Crippen LogP contribution in [0, 0.1) is 5.92 Å². The summed E-state index contributed by atoms with van der Waals surface area (Å²) >= 11 is 0. The molecule has 2 atom stereocenters. The monoisotopic (exact) mass is 251 g/mol. The summed E-state index contributed by atoms with van der Waals surface area (Å²) in [7, 11) is 0. The normalized spacial score (nSPS) is 23.4. The lowest BCUT2D eigenvalue weighted by atomic mass is 10.0. The highest BCUT2D eigenvalue weighted by Crippen LogP contribution is 2.21. The molecular formula is C12H17N3O3. The quantitative estimate of drug-likeness (QED) is 0.816. The van der Waals surface area contributed by atoms with E-state index < -0.39 is 11.9 Å². The van der Waals surface area contributed by atoms with Gasteiger partial charge in [-0.15, -0.1) is 0 Å². The second-order valence-corrected chi connectivity index (χ2v) is 4.28. The molecular weight excluding hydrogens is 234 g/mol. The van der Waals surface area contributed by atoms with Crippen molar-refractivity contribution in [2.75, 3.05) is 19.8 Å². The lowest BCUT2D eigenvalue weighted by Gasteiger charge is -2.28. The highest BCUT2D eigenvalue weighted by molar-refractivity contribution is 5.71. The van der Waals surface area contributed by atoms with Crippen LogP contribution < -0.4 is 0 Å². The first-order valence-corrected chi connectivity index (χ1v) is 6.03. The van der Waals surface area contributed by atoms with Gasteiger partial charge < -0.3 is 9.84 Å². The van der Waals surface area contributed by atoms with E-state index in [9.17, 15) is 4.79 Å². The van der Waals surface area contributed by atoms with Crippen molar-refractivity contribution >= 4 is 5.97 Å². The highest BCUT2D eigenvalue weighted by Gasteiger charge is 2.37. The number of hydrogen-bond donors (Lipinski definition) is 1. The number of carboxylic acids is 1. The van der Waals surface area contributed by atoms with Crippen LogP contribution in [0.3, 0.4) is 0 Å². The second kappa shape index (κ2) is 5.88. The summed E-state index contributed by atoms with van der Waals surface area (Å²) in [6.45, 7) is 4.04. The Morgan fingerprint density at radius 2 is 2.22 bits per heavy atom. The van der Waals surface area contributed by atoms with Crippen molar-refractivity contribution < 1.29 is 14.6 Å². The van der Waals surface area contributed by atoms with Crippen molar-refractivity contribution in [2.24, 2.45) is 5.92 Å². The van der Waals surface area contributed by atoms with Crippen LogP contribution in [0.2, 0.25) is 0 Å². The van der Waals surface area contributed by atoms with Crippen LogP contribution in [0.5, 0.6) is 0 Å². The van der Waals surface area contributed by atoms with Crippen LogP contribution in [0.1, 0.15) is 12.7 Å². The van der Waals surface area contributed by atoms with Gasteiger partial charge >= 0.3 is 5.97 Å². The molecule has 6 heteroatoms. The van der Waals surface area contributed by atoms with Gasteiger partial charge in [0.05, 0.1) is 25.7 Å². The molecule has 1 N–H and O–H groups in total. The third kappa shape index (κ3) is 2.83. The predicted molar refractivity (Wildman–Crippen MR) is 63.8 cm³/mol. The molecule has 18 heavy (non-hydrogen) atoms. The summed E-state index contributed by atoms with van der Waals surface area (Å²) in [5.41, 5.74) is 0. The van der Waals surface area contributed by atoms with Gasteiger partial charge in [-0.1, -0.05) is 6.92 Å². The molecule has 1 aromatic heterocycles. The third-order valence-electron chi connectivity index (χ3n) is 3.21. The van der Waals surface area contributed by atoms with Gasteiger partial charge in [-0.3, -0.25) is 9.69 Å². The number of nitrogens with zero attached hydrogens (tertiary/aromatic N) is 3. The smallest absolute Gasteiger partial charge is 0.310 e. The Morgan fingerprint density at radius 1 is 1.50 bits per heavy atom. The Hall–Kier alpha value is -1.53. The molecule has 1 fully saturated rings. The summed E-state index contributed by atoms with van der Waals surface area (Å²) in [6.07, 6.45) is 3.38. The van der Waals surface area contributed by atoms with E-state index >= 15 is 0 Å². The van der Waals surface area contributed by atoms with E-state index in [1.807, 2.05) is 6.92 Å². The summed E-state index contributed by atoms with van der Waals surface area (Å²) < 4.78 is 5.29. The minimum Gasteiger partial charge on any atom is -0.481 e. The van der Waals surface area contributed by atoms with E-state index in [0.29, 0.717) is 19.0 Å². The Balaban J connectivity index is 2.06. The van der Waals surface area contributed by atoms with Gasteiger partial charge in [0.1, 0.15) is 5.82 Å². The van der Waals surface area contributed by atoms with Crippen LogP contribution in [0.25, 0.3) is 0 Å². The van der Waals surface area contributed by atoms with E-state index in [2.05, 4.69) is 14.9 Å². The van der Waals surface area contributed by atoms with Gasteiger partial charge in [-0.2, -0.15) is 0 Å². The minimum atomic E-state index is -0.801. The van der Waals surface area contributed by atoms with Crippen molar-refractivity contribution in [3.8, 4) is 0 Å². The number of carboxylic acid groups (broad SMARTS) is 1. The first-order valence-electron chi connectivity index (χ1n) is 6.03. The first kappa shape index (κ1) is 12.9. The molecule has 6 nitrogen and oxygen atoms in total. The molecule has 2 rings (SSSR count). The maximum Gasteiger partial charge on any atom is 0.310 e. The maximum absolute atomic E-state index is 11.1. The first-order chi connectivity index (χ1) is 8.72. The highest BCUT2D eigenvalue weighted by atomic mass is 16.5. The van der Waals surface area contributed by atoms with Gasteiger partial charge in [0.25, 0.3) is 0 Å². The third-order valence-corrected chi connectivity index (χ3v) is 3.21. The molecule has 1 aliphatic heterocycles. The van der Waals surface area contributed by atoms with Gasteiger partial charge in [0.15, 0.2) is 0 Å². The predicted octanol–water partition coefficient (Wildman–Crippen LogP) is 0.398. The Labute approximate surface area is 106 Å². The molecule has 0 bridgehead atoms. The fraction of sp³-hybridized carbons (Fsp3) is 0.583. The maximum atomic E-state index is 11.1. The lowest BCUT2D eigenvalue weighted by Crippen LogP contribution is -2.42. The Morgan fingerprint density at radius 3 is 2.83 bits per heavy atom. The van der Waals surface area contributed by atoms with Gasteiger partial charge in [-0.25, -0.2) is 9.97 Å². The molecule has 0 aromatic carbocycles. The summed E-state index contributed by atoms with van der Waals surface area (Å²) in [4.78, 5) is 21.5. The Kier molecular flexibility index (Phi) is 4.22. The fourth-order valence-corrected chi connectivity index (χ4v) is 2.20. The van der Waals surface area contributed by atoms with E-state index in [1.165, 1.54) is 0 Å². The number of hydrogen-bond acceptors (Lipinski definition) is 5. The lowest BCUT2D eigenvalue weighted by molar-refractivity contribution is -0.143. The van der Waals surface area contributed by atoms with Crippen LogP contribution >= 0.6 is 0 Å². The number of carbonyl (C=O) groups is 1. The summed E-state index contributed by atoms with van der Waals surface area (Å²) in [6, 6.07) is 1.66. The number of aliphatic carboxylic acids is 1. The van der Waals surface area contributed by atoms with E-state index in [-0.39, 0.29) is 12.6 Å². The molecule has 0 spiro atoms. The molecule has 1 aromatic rings. The van der Waals surface area contributed by atoms with Crippen molar-refractivity contribution in [3.63, 3.8) is 0 Å². The fourth-order valence-electron chi connectivity index (χ4n) is 2.20. The molecule has 0 radical (unpaired) electrons. The van der Waals surface area contributed by atoms with Crippen LogP contribution in [0.4, 0.5) is 0 Å². The Bertz CT molecular complexity index is 399. The molecule has 1 saturated heterocycles. The topological polar surface area (TPSA) is 75.5 Å². The van der Waals surface area contributed by atoms with Gasteiger partial charge in [0.2, 0.25) is 0 Å². The zero-order valence-electron chi connectivity index (χ0n) is 10.3. The summed E-state index contributed by atoms with van der Waals surface area (Å²) in [5.74, 6) is -0.561. The van der Waals surface area contributed by atoms with Crippen LogP contribution in [-0.2, 0) is 16.1 Å². The zero-order chi connectivity index (χ0) is 13.0. The molecule has 2 unspecified atom stereocenters. The molecule has 1 aliphatic rings. The molecule has 0 saturated carbocycles. The van der Waals surface area contributed by atoms with Gasteiger partial charge in [-0.05, 0) is 12.6 Å². The summed E-state index contributed by atoms with van der Waals surface area (Å²) in [5, 5.41) is 9.16. The zero-order valence-corrected chi connectivity index (χ0v) is 10.3. The van der Waals surface area contributed by atoms with Crippen molar-refractivity contribution in [3.05, 3.63) is 24.3 Å². The van der Waals surface area contributed by atoms with E-state index in [4.69, 9.17) is 9.84 Å². The van der Waals surface area contributed by atoms with E-state index in [0.717, 1.165) is 6.54 Å². The van der Waals surface area contributed by atoms with E-state index in [1.54, 1.807) is 18.5 Å². The number of rotatable bonds is 5. The number of aromatic nitrogens is 2. The second-order valence-electron chi connectivity index (χ2n) is 4.28.